The lowest BCUT2D eigenvalue weighted by Gasteiger charge is -2.18. The molecule has 1 fully saturated rings. The molecule has 2 amide bonds. The summed E-state index contributed by atoms with van der Waals surface area (Å²) in [5.41, 5.74) is 0.150. The van der Waals surface area contributed by atoms with Crippen LogP contribution in [-0.2, 0) is 4.79 Å². The molecule has 11 heteroatoms. The van der Waals surface area contributed by atoms with Crippen LogP contribution in [0.2, 0.25) is 5.02 Å². The summed E-state index contributed by atoms with van der Waals surface area (Å²) in [5, 5.41) is 2.73. The average molecular weight is 560 g/mol. The summed E-state index contributed by atoms with van der Waals surface area (Å²) >= 11 is 18.8. The molecule has 2 atom stereocenters. The number of amides is 2. The van der Waals surface area contributed by atoms with E-state index >= 15 is 0 Å². The lowest BCUT2D eigenvalue weighted by molar-refractivity contribution is -0.117. The van der Waals surface area contributed by atoms with E-state index in [2.05, 4.69) is 5.32 Å². The van der Waals surface area contributed by atoms with E-state index in [0.29, 0.717) is 5.69 Å². The van der Waals surface area contributed by atoms with E-state index in [1.54, 1.807) is 0 Å². The van der Waals surface area contributed by atoms with Gasteiger partial charge in [0, 0.05) is 24.3 Å². The molecular weight excluding hydrogens is 543 g/mol. The topological polar surface area (TPSA) is 49.4 Å². The SMILES string of the molecule is CN(C(=O)c1cc(NC(=O)[C@@H]2[C@@H](c3ccc(C(F)F)c(F)c3)C2(Cl)Cl)ccc1Cl)c1ccc(F)cc1. The van der Waals surface area contributed by atoms with Crippen LogP contribution in [-0.4, -0.2) is 23.2 Å². The number of benzene rings is 3. The quantitative estimate of drug-likeness (QED) is 0.253. The van der Waals surface area contributed by atoms with E-state index in [1.165, 1.54) is 60.5 Å². The van der Waals surface area contributed by atoms with Crippen LogP contribution in [0, 0.1) is 17.6 Å². The monoisotopic (exact) mass is 558 g/mol. The van der Waals surface area contributed by atoms with Crippen LogP contribution in [0.4, 0.5) is 28.9 Å². The number of hydrogen-bond donors (Lipinski definition) is 1. The Bertz CT molecular complexity index is 1340. The molecule has 0 unspecified atom stereocenters. The molecule has 4 rings (SSSR count). The highest BCUT2D eigenvalue weighted by molar-refractivity contribution is 6.53. The second-order valence-corrected chi connectivity index (χ2v) is 10.1. The van der Waals surface area contributed by atoms with E-state index in [-0.39, 0.29) is 21.8 Å². The lowest BCUT2D eigenvalue weighted by atomic mass is 10.1. The van der Waals surface area contributed by atoms with Gasteiger partial charge in [-0.25, -0.2) is 17.6 Å². The van der Waals surface area contributed by atoms with Crippen molar-refractivity contribution in [3.63, 3.8) is 0 Å². The van der Waals surface area contributed by atoms with Gasteiger partial charge in [0.1, 0.15) is 16.0 Å². The van der Waals surface area contributed by atoms with E-state index in [1.807, 2.05) is 0 Å². The van der Waals surface area contributed by atoms with Crippen molar-refractivity contribution in [1.82, 2.24) is 0 Å². The van der Waals surface area contributed by atoms with Gasteiger partial charge in [-0.05, 0) is 54.1 Å². The molecule has 0 radical (unpaired) electrons. The van der Waals surface area contributed by atoms with E-state index in [4.69, 9.17) is 34.8 Å². The predicted octanol–water partition coefficient (Wildman–Crippen LogP) is 7.36. The molecule has 1 aliphatic carbocycles. The van der Waals surface area contributed by atoms with Crippen molar-refractivity contribution >= 4 is 58.0 Å². The third-order valence-corrected chi connectivity index (χ3v) is 7.21. The van der Waals surface area contributed by atoms with Crippen molar-refractivity contribution in [3.05, 3.63) is 94.0 Å². The first kappa shape index (κ1) is 26.3. The van der Waals surface area contributed by atoms with Gasteiger partial charge in [-0.3, -0.25) is 9.59 Å². The fourth-order valence-corrected chi connectivity index (χ4v) is 4.96. The largest absolute Gasteiger partial charge is 0.326 e. The minimum atomic E-state index is -2.99. The maximum absolute atomic E-state index is 14.0. The minimum absolute atomic E-state index is 0.0707. The molecule has 3 aromatic carbocycles. The Morgan fingerprint density at radius 1 is 1.00 bits per heavy atom. The maximum atomic E-state index is 14.0. The Morgan fingerprint density at radius 3 is 2.28 bits per heavy atom. The molecule has 0 aliphatic heterocycles. The van der Waals surface area contributed by atoms with Crippen LogP contribution in [0.1, 0.15) is 33.8 Å². The number of anilines is 2. The molecule has 0 aromatic heterocycles. The zero-order valence-electron chi connectivity index (χ0n) is 18.4. The van der Waals surface area contributed by atoms with Crippen molar-refractivity contribution in [2.45, 2.75) is 16.7 Å². The summed E-state index contributed by atoms with van der Waals surface area (Å²) in [6.45, 7) is 0. The molecule has 1 N–H and O–H groups in total. The highest BCUT2D eigenvalue weighted by atomic mass is 35.5. The van der Waals surface area contributed by atoms with Gasteiger partial charge in [0.25, 0.3) is 12.3 Å². The number of nitrogens with zero attached hydrogens (tertiary/aromatic N) is 1. The highest BCUT2D eigenvalue weighted by Crippen LogP contribution is 2.65. The van der Waals surface area contributed by atoms with Crippen molar-refractivity contribution in [1.29, 1.82) is 0 Å². The Hall–Kier alpha value is -2.81. The molecule has 3 aromatic rings. The Balaban J connectivity index is 1.52. The number of rotatable bonds is 6. The molecule has 4 nitrogen and oxygen atoms in total. The molecule has 0 saturated heterocycles. The number of hydrogen-bond acceptors (Lipinski definition) is 2. The zero-order chi connectivity index (χ0) is 26.4. The standard InChI is InChI=1S/C25H17Cl3F4N2O2/c1-34(15-6-3-13(29)4-7-15)24(36)17-11-14(5-9-18(17)26)33-23(35)21-20(25(21,27)28)12-2-8-16(22(31)32)19(30)10-12/h2-11,20-22H,1H3,(H,33,35)/t20-,21+/m1/s1. The summed E-state index contributed by atoms with van der Waals surface area (Å²) in [7, 11) is 1.49. The second kappa shape index (κ2) is 9.92. The third kappa shape index (κ3) is 5.03. The molecule has 1 aliphatic rings. The summed E-state index contributed by atoms with van der Waals surface area (Å²) in [5.74, 6) is -4.54. The van der Waals surface area contributed by atoms with Gasteiger partial charge in [-0.15, -0.1) is 23.2 Å². The zero-order valence-corrected chi connectivity index (χ0v) is 20.7. The van der Waals surface area contributed by atoms with Crippen molar-refractivity contribution in [2.75, 3.05) is 17.3 Å². The smallest absolute Gasteiger partial charge is 0.266 e. The average Bonchev–Trinajstić information content (AvgIpc) is 3.41. The van der Waals surface area contributed by atoms with E-state index in [0.717, 1.165) is 12.1 Å². The van der Waals surface area contributed by atoms with Crippen LogP contribution in [0.3, 0.4) is 0 Å². The maximum Gasteiger partial charge on any atom is 0.266 e. The van der Waals surface area contributed by atoms with Gasteiger partial charge in [0.15, 0.2) is 0 Å². The first-order chi connectivity index (χ1) is 16.9. The second-order valence-electron chi connectivity index (χ2n) is 8.24. The molecular formula is C25H17Cl3F4N2O2. The van der Waals surface area contributed by atoms with Gasteiger partial charge in [-0.2, -0.15) is 0 Å². The fourth-order valence-electron chi connectivity index (χ4n) is 3.93. The minimum Gasteiger partial charge on any atom is -0.326 e. The van der Waals surface area contributed by atoms with Crippen LogP contribution in [0.5, 0.6) is 0 Å². The summed E-state index contributed by atoms with van der Waals surface area (Å²) in [6, 6.07) is 12.6. The Kier molecular flexibility index (Phi) is 7.23. The van der Waals surface area contributed by atoms with E-state index < -0.39 is 51.6 Å². The van der Waals surface area contributed by atoms with Gasteiger partial charge in [0.05, 0.1) is 22.1 Å². The number of nitrogens with one attached hydrogen (secondary N) is 1. The van der Waals surface area contributed by atoms with Crippen LogP contribution < -0.4 is 10.2 Å². The van der Waals surface area contributed by atoms with Crippen LogP contribution >= 0.6 is 34.8 Å². The molecule has 0 heterocycles. The van der Waals surface area contributed by atoms with Crippen LogP contribution in [0.15, 0.2) is 60.7 Å². The van der Waals surface area contributed by atoms with Gasteiger partial charge >= 0.3 is 0 Å². The summed E-state index contributed by atoms with van der Waals surface area (Å²) in [4.78, 5) is 27.2. The fraction of sp³-hybridized carbons (Fsp3) is 0.200. The molecule has 0 spiro atoms. The van der Waals surface area contributed by atoms with Crippen LogP contribution in [0.25, 0.3) is 0 Å². The lowest BCUT2D eigenvalue weighted by Crippen LogP contribution is -2.26. The molecule has 36 heavy (non-hydrogen) atoms. The van der Waals surface area contributed by atoms with Gasteiger partial charge < -0.3 is 10.2 Å². The van der Waals surface area contributed by atoms with Gasteiger partial charge in [0.2, 0.25) is 5.91 Å². The van der Waals surface area contributed by atoms with E-state index in [9.17, 15) is 27.2 Å². The Labute approximate surface area is 218 Å². The summed E-state index contributed by atoms with van der Waals surface area (Å²) in [6.07, 6.45) is -2.99. The highest BCUT2D eigenvalue weighted by Gasteiger charge is 2.67. The number of halogens is 7. The first-order valence-electron chi connectivity index (χ1n) is 10.5. The number of carbonyl (C=O) groups is 2. The normalized spacial score (nSPS) is 18.1. The van der Waals surface area contributed by atoms with Crippen molar-refractivity contribution < 1.29 is 27.2 Å². The third-order valence-electron chi connectivity index (χ3n) is 5.94. The predicted molar refractivity (Wildman–Crippen MR) is 131 cm³/mol. The first-order valence-corrected chi connectivity index (χ1v) is 11.6. The summed E-state index contributed by atoms with van der Waals surface area (Å²) < 4.78 is 51.4. The molecule has 1 saturated carbocycles. The Morgan fingerprint density at radius 2 is 1.67 bits per heavy atom. The number of carbonyl (C=O) groups excluding carboxylic acids is 2. The number of alkyl halides is 4. The molecule has 0 bridgehead atoms. The van der Waals surface area contributed by atoms with Crippen molar-refractivity contribution in [3.8, 4) is 0 Å². The van der Waals surface area contributed by atoms with Gasteiger partial charge in [-0.1, -0.05) is 23.7 Å². The molecule has 188 valence electrons. The van der Waals surface area contributed by atoms with Crippen molar-refractivity contribution in [2.24, 2.45) is 5.92 Å².